The van der Waals surface area contributed by atoms with Crippen molar-refractivity contribution in [2.24, 2.45) is 0 Å². The zero-order valence-electron chi connectivity index (χ0n) is 13.9. The maximum Gasteiger partial charge on any atom is 0.259 e. The molecule has 1 aliphatic rings. The Morgan fingerprint density at radius 3 is 2.71 bits per heavy atom. The summed E-state index contributed by atoms with van der Waals surface area (Å²) in [4.78, 5) is 17.1. The van der Waals surface area contributed by atoms with Crippen molar-refractivity contribution in [2.45, 2.75) is 38.1 Å². The Labute approximate surface area is 142 Å². The van der Waals surface area contributed by atoms with Crippen molar-refractivity contribution in [3.8, 4) is 5.75 Å². The van der Waals surface area contributed by atoms with Crippen LogP contribution in [0.1, 0.15) is 42.5 Å². The minimum absolute atomic E-state index is 0.189. The number of ether oxygens (including phenoxy) is 1. The molecule has 0 unspecified atom stereocenters. The third-order valence-electron chi connectivity index (χ3n) is 4.35. The van der Waals surface area contributed by atoms with Gasteiger partial charge in [-0.25, -0.2) is 4.98 Å². The topological polar surface area (TPSA) is 63.2 Å². The third kappa shape index (κ3) is 3.85. The van der Waals surface area contributed by atoms with Crippen LogP contribution in [0.5, 0.6) is 5.75 Å². The Kier molecular flexibility index (Phi) is 5.31. The normalized spacial score (nSPS) is 14.9. The molecule has 1 saturated carbocycles. The summed E-state index contributed by atoms with van der Waals surface area (Å²) in [6, 6.07) is 11.3. The van der Waals surface area contributed by atoms with Gasteiger partial charge >= 0.3 is 0 Å². The van der Waals surface area contributed by atoms with Gasteiger partial charge in [-0.1, -0.05) is 31.4 Å². The predicted molar refractivity (Wildman–Crippen MR) is 95.7 cm³/mol. The van der Waals surface area contributed by atoms with Gasteiger partial charge in [0.1, 0.15) is 11.6 Å². The van der Waals surface area contributed by atoms with Crippen LogP contribution in [0.2, 0.25) is 0 Å². The van der Waals surface area contributed by atoms with E-state index in [4.69, 9.17) is 4.74 Å². The van der Waals surface area contributed by atoms with Crippen molar-refractivity contribution >= 4 is 17.4 Å². The van der Waals surface area contributed by atoms with Gasteiger partial charge in [0.25, 0.3) is 5.91 Å². The Hall–Kier alpha value is -2.56. The first-order valence-electron chi connectivity index (χ1n) is 8.44. The number of aromatic nitrogens is 1. The summed E-state index contributed by atoms with van der Waals surface area (Å²) in [7, 11) is 1.59. The van der Waals surface area contributed by atoms with E-state index in [-0.39, 0.29) is 5.91 Å². The van der Waals surface area contributed by atoms with Crippen molar-refractivity contribution < 1.29 is 9.53 Å². The SMILES string of the molecule is COc1ccccc1NC(=O)c1cccnc1NC1CCCCC1. The lowest BCUT2D eigenvalue weighted by atomic mass is 9.95. The van der Waals surface area contributed by atoms with Crippen LogP contribution in [-0.4, -0.2) is 24.0 Å². The summed E-state index contributed by atoms with van der Waals surface area (Å²) >= 11 is 0. The van der Waals surface area contributed by atoms with Gasteiger partial charge in [-0.2, -0.15) is 0 Å². The summed E-state index contributed by atoms with van der Waals surface area (Å²) in [5.41, 5.74) is 1.20. The van der Waals surface area contributed by atoms with Crippen LogP contribution in [0.4, 0.5) is 11.5 Å². The fourth-order valence-electron chi connectivity index (χ4n) is 3.08. The lowest BCUT2D eigenvalue weighted by molar-refractivity contribution is 0.102. The molecule has 0 spiro atoms. The molecule has 126 valence electrons. The van der Waals surface area contributed by atoms with Gasteiger partial charge in [0, 0.05) is 12.2 Å². The number of rotatable bonds is 5. The average molecular weight is 325 g/mol. The van der Waals surface area contributed by atoms with Gasteiger partial charge in [-0.05, 0) is 37.1 Å². The van der Waals surface area contributed by atoms with E-state index in [0.29, 0.717) is 28.9 Å². The minimum atomic E-state index is -0.189. The number of hydrogen-bond acceptors (Lipinski definition) is 4. The Morgan fingerprint density at radius 1 is 1.12 bits per heavy atom. The van der Waals surface area contributed by atoms with Gasteiger partial charge < -0.3 is 15.4 Å². The molecular formula is C19H23N3O2. The van der Waals surface area contributed by atoms with Gasteiger partial charge in [0.2, 0.25) is 0 Å². The van der Waals surface area contributed by atoms with Gasteiger partial charge in [0.15, 0.2) is 0 Å². The smallest absolute Gasteiger partial charge is 0.259 e. The van der Waals surface area contributed by atoms with Crippen LogP contribution >= 0.6 is 0 Å². The van der Waals surface area contributed by atoms with Crippen LogP contribution in [0.3, 0.4) is 0 Å². The highest BCUT2D eigenvalue weighted by Gasteiger charge is 2.18. The molecule has 2 aromatic rings. The highest BCUT2D eigenvalue weighted by molar-refractivity contribution is 6.08. The maximum atomic E-state index is 12.7. The van der Waals surface area contributed by atoms with Crippen molar-refractivity contribution in [1.29, 1.82) is 0 Å². The molecule has 1 heterocycles. The number of amides is 1. The number of benzene rings is 1. The first kappa shape index (κ1) is 16.3. The number of pyridine rings is 1. The molecule has 0 radical (unpaired) electrons. The minimum Gasteiger partial charge on any atom is -0.495 e. The van der Waals surface area contributed by atoms with Crippen LogP contribution in [0.25, 0.3) is 0 Å². The average Bonchev–Trinajstić information content (AvgIpc) is 2.63. The Morgan fingerprint density at radius 2 is 1.92 bits per heavy atom. The third-order valence-corrected chi connectivity index (χ3v) is 4.35. The molecule has 0 bridgehead atoms. The molecule has 24 heavy (non-hydrogen) atoms. The van der Waals surface area contributed by atoms with Crippen LogP contribution < -0.4 is 15.4 Å². The second-order valence-electron chi connectivity index (χ2n) is 6.03. The molecule has 1 aromatic heterocycles. The van der Waals surface area contributed by atoms with E-state index in [2.05, 4.69) is 15.6 Å². The van der Waals surface area contributed by atoms with Crippen molar-refractivity contribution in [1.82, 2.24) is 4.98 Å². The number of carbonyl (C=O) groups excluding carboxylic acids is 1. The highest BCUT2D eigenvalue weighted by Crippen LogP contribution is 2.26. The largest absolute Gasteiger partial charge is 0.495 e. The molecule has 1 aromatic carbocycles. The van der Waals surface area contributed by atoms with E-state index in [1.165, 1.54) is 19.3 Å². The molecule has 0 aliphatic heterocycles. The van der Waals surface area contributed by atoms with E-state index in [1.54, 1.807) is 25.4 Å². The predicted octanol–water partition coefficient (Wildman–Crippen LogP) is 4.09. The monoisotopic (exact) mass is 325 g/mol. The molecule has 0 atom stereocenters. The van der Waals surface area contributed by atoms with E-state index >= 15 is 0 Å². The second-order valence-corrected chi connectivity index (χ2v) is 6.03. The zero-order valence-corrected chi connectivity index (χ0v) is 13.9. The van der Waals surface area contributed by atoms with Crippen LogP contribution in [0.15, 0.2) is 42.6 Å². The lowest BCUT2D eigenvalue weighted by Crippen LogP contribution is -2.25. The summed E-state index contributed by atoms with van der Waals surface area (Å²) in [6.07, 6.45) is 7.72. The van der Waals surface area contributed by atoms with Crippen molar-refractivity contribution in [3.63, 3.8) is 0 Å². The number of methoxy groups -OCH3 is 1. The standard InChI is InChI=1S/C19H23N3O2/c1-24-17-12-6-5-11-16(17)22-19(23)15-10-7-13-20-18(15)21-14-8-3-2-4-9-14/h5-7,10-14H,2-4,8-9H2,1H3,(H,20,21)(H,22,23). The number of para-hydroxylation sites is 2. The fraction of sp³-hybridized carbons (Fsp3) is 0.368. The number of nitrogens with one attached hydrogen (secondary N) is 2. The van der Waals surface area contributed by atoms with Gasteiger partial charge in [0.05, 0.1) is 18.4 Å². The molecule has 5 nitrogen and oxygen atoms in total. The molecule has 3 rings (SSSR count). The first-order valence-corrected chi connectivity index (χ1v) is 8.44. The summed E-state index contributed by atoms with van der Waals surface area (Å²) < 4.78 is 5.29. The molecule has 1 amide bonds. The summed E-state index contributed by atoms with van der Waals surface area (Å²) in [5.74, 6) is 1.10. The number of anilines is 2. The van der Waals surface area contributed by atoms with Crippen molar-refractivity contribution in [3.05, 3.63) is 48.2 Å². The van der Waals surface area contributed by atoms with Crippen LogP contribution in [0, 0.1) is 0 Å². The number of nitrogens with zero attached hydrogens (tertiary/aromatic N) is 1. The molecule has 1 fully saturated rings. The van der Waals surface area contributed by atoms with E-state index in [0.717, 1.165) is 12.8 Å². The fourth-order valence-corrected chi connectivity index (χ4v) is 3.08. The molecule has 1 aliphatic carbocycles. The molecular weight excluding hydrogens is 302 g/mol. The van der Waals surface area contributed by atoms with E-state index in [1.807, 2.05) is 24.3 Å². The Bertz CT molecular complexity index is 697. The second kappa shape index (κ2) is 7.81. The van der Waals surface area contributed by atoms with Gasteiger partial charge in [-0.15, -0.1) is 0 Å². The van der Waals surface area contributed by atoms with E-state index < -0.39 is 0 Å². The molecule has 0 saturated heterocycles. The number of hydrogen-bond donors (Lipinski definition) is 2. The zero-order chi connectivity index (χ0) is 16.8. The maximum absolute atomic E-state index is 12.7. The van der Waals surface area contributed by atoms with Crippen molar-refractivity contribution in [2.75, 3.05) is 17.7 Å². The van der Waals surface area contributed by atoms with Gasteiger partial charge in [-0.3, -0.25) is 4.79 Å². The van der Waals surface area contributed by atoms with Crippen LogP contribution in [-0.2, 0) is 0 Å². The lowest BCUT2D eigenvalue weighted by Gasteiger charge is -2.24. The Balaban J connectivity index is 1.77. The molecule has 5 heteroatoms. The quantitative estimate of drug-likeness (QED) is 0.869. The summed E-state index contributed by atoms with van der Waals surface area (Å²) in [5, 5.41) is 6.35. The van der Waals surface area contributed by atoms with E-state index in [9.17, 15) is 4.79 Å². The first-order chi connectivity index (χ1) is 11.8. The highest BCUT2D eigenvalue weighted by atomic mass is 16.5. The molecule has 2 N–H and O–H groups in total. The number of carbonyl (C=O) groups is 1. The summed E-state index contributed by atoms with van der Waals surface area (Å²) in [6.45, 7) is 0.